The van der Waals surface area contributed by atoms with E-state index in [2.05, 4.69) is 25.5 Å². The number of halogens is 2. The first-order valence-electron chi connectivity index (χ1n) is 11.5. The molecular weight excluding hydrogens is 489 g/mol. The molecule has 0 unspecified atom stereocenters. The van der Waals surface area contributed by atoms with Gasteiger partial charge < -0.3 is 19.9 Å². The van der Waals surface area contributed by atoms with Crippen LogP contribution in [0.4, 0.5) is 0 Å². The van der Waals surface area contributed by atoms with Crippen LogP contribution in [0.25, 0.3) is 22.4 Å². The van der Waals surface area contributed by atoms with Crippen molar-refractivity contribution in [3.05, 3.63) is 57.6 Å². The molecule has 3 N–H and O–H groups in total. The van der Waals surface area contributed by atoms with Crippen LogP contribution in [0.15, 0.2) is 30.6 Å². The van der Waals surface area contributed by atoms with Gasteiger partial charge in [0.1, 0.15) is 17.5 Å². The Labute approximate surface area is 211 Å². The van der Waals surface area contributed by atoms with Crippen molar-refractivity contribution in [2.24, 2.45) is 0 Å². The number of pyridine rings is 1. The number of aromatic nitrogens is 5. The van der Waals surface area contributed by atoms with Crippen molar-refractivity contribution in [1.29, 1.82) is 0 Å². The van der Waals surface area contributed by atoms with Crippen molar-refractivity contribution in [1.82, 2.24) is 35.4 Å². The quantitative estimate of drug-likeness (QED) is 0.366. The number of aromatic amines is 2. The molecule has 180 valence electrons. The lowest BCUT2D eigenvalue weighted by Gasteiger charge is -2.19. The Morgan fingerprint density at radius 3 is 2.80 bits per heavy atom. The summed E-state index contributed by atoms with van der Waals surface area (Å²) >= 11 is 12.6. The highest BCUT2D eigenvalue weighted by atomic mass is 35.5. The maximum atomic E-state index is 12.7. The molecule has 1 saturated heterocycles. The summed E-state index contributed by atoms with van der Waals surface area (Å²) in [4.78, 5) is 26.7. The number of nitrogens with one attached hydrogen (secondary N) is 3. The summed E-state index contributed by atoms with van der Waals surface area (Å²) in [6.07, 6.45) is 4.65. The fourth-order valence-electron chi connectivity index (χ4n) is 4.84. The molecule has 9 nitrogen and oxygen atoms in total. The van der Waals surface area contributed by atoms with Gasteiger partial charge in [0.15, 0.2) is 5.82 Å². The van der Waals surface area contributed by atoms with Crippen LogP contribution < -0.4 is 10.1 Å². The van der Waals surface area contributed by atoms with Gasteiger partial charge in [-0.3, -0.25) is 14.9 Å². The van der Waals surface area contributed by atoms with Gasteiger partial charge in [0.2, 0.25) is 5.91 Å². The molecule has 5 heterocycles. The molecule has 2 aliphatic rings. The van der Waals surface area contributed by atoms with Crippen LogP contribution in [0, 0.1) is 0 Å². The number of hydrogen-bond acceptors (Lipinski definition) is 6. The topological polar surface area (TPSA) is 112 Å². The maximum Gasteiger partial charge on any atom is 0.240 e. The van der Waals surface area contributed by atoms with Crippen molar-refractivity contribution >= 4 is 40.0 Å². The van der Waals surface area contributed by atoms with E-state index in [4.69, 9.17) is 32.9 Å². The normalized spacial score (nSPS) is 18.3. The molecule has 1 amide bonds. The van der Waals surface area contributed by atoms with Gasteiger partial charge in [-0.25, -0.2) is 4.98 Å². The zero-order valence-electron chi connectivity index (χ0n) is 18.9. The Morgan fingerprint density at radius 1 is 1.23 bits per heavy atom. The van der Waals surface area contributed by atoms with Gasteiger partial charge >= 0.3 is 0 Å². The average Bonchev–Trinajstić information content (AvgIpc) is 3.61. The van der Waals surface area contributed by atoms with Crippen LogP contribution >= 0.6 is 23.2 Å². The van der Waals surface area contributed by atoms with E-state index in [0.717, 1.165) is 41.7 Å². The highest BCUT2D eigenvalue weighted by molar-refractivity contribution is 6.35. The molecule has 0 saturated carbocycles. The molecule has 0 bridgehead atoms. The molecule has 2 aliphatic heterocycles. The number of benzene rings is 1. The second kappa shape index (κ2) is 8.82. The first-order valence-corrected chi connectivity index (χ1v) is 12.3. The van der Waals surface area contributed by atoms with Gasteiger partial charge in [0, 0.05) is 23.3 Å². The molecule has 0 aliphatic carbocycles. The molecule has 0 radical (unpaired) electrons. The molecule has 6 rings (SSSR count). The molecule has 11 heteroatoms. The van der Waals surface area contributed by atoms with Crippen LogP contribution in [-0.2, 0) is 17.9 Å². The van der Waals surface area contributed by atoms with Crippen LogP contribution in [0.3, 0.4) is 0 Å². The fourth-order valence-corrected chi connectivity index (χ4v) is 5.51. The molecule has 3 aromatic heterocycles. The van der Waals surface area contributed by atoms with Crippen LogP contribution in [0.5, 0.6) is 5.75 Å². The van der Waals surface area contributed by atoms with Crippen LogP contribution in [0.2, 0.25) is 10.0 Å². The van der Waals surface area contributed by atoms with Crippen molar-refractivity contribution in [3.63, 3.8) is 0 Å². The van der Waals surface area contributed by atoms with E-state index in [1.807, 2.05) is 30.0 Å². The highest BCUT2D eigenvalue weighted by Crippen LogP contribution is 2.35. The first-order chi connectivity index (χ1) is 17.0. The third-order valence-corrected chi connectivity index (χ3v) is 7.19. The summed E-state index contributed by atoms with van der Waals surface area (Å²) in [6, 6.07) is 5.62. The Morgan fingerprint density at radius 2 is 2.06 bits per heavy atom. The zero-order valence-corrected chi connectivity index (χ0v) is 20.5. The summed E-state index contributed by atoms with van der Waals surface area (Å²) in [5.74, 6) is 1.46. The van der Waals surface area contributed by atoms with E-state index in [0.29, 0.717) is 46.0 Å². The first kappa shape index (κ1) is 22.3. The molecule has 4 aromatic rings. The number of fused-ring (bicyclic) bond motifs is 2. The molecule has 0 spiro atoms. The van der Waals surface area contributed by atoms with E-state index in [-0.39, 0.29) is 18.1 Å². The van der Waals surface area contributed by atoms with E-state index >= 15 is 0 Å². The average molecular weight is 512 g/mol. The summed E-state index contributed by atoms with van der Waals surface area (Å²) in [6.45, 7) is 3.82. The number of hydrogen-bond donors (Lipinski definition) is 3. The number of rotatable bonds is 5. The lowest BCUT2D eigenvalue weighted by molar-refractivity contribution is -0.133. The molecule has 1 aromatic carbocycles. The lowest BCUT2D eigenvalue weighted by Crippen LogP contribution is -2.41. The number of ether oxygens (including phenoxy) is 1. The summed E-state index contributed by atoms with van der Waals surface area (Å²) in [5.41, 5.74) is 4.07. The minimum Gasteiger partial charge on any atom is -0.486 e. The van der Waals surface area contributed by atoms with Gasteiger partial charge in [-0.05, 0) is 44.5 Å². The number of carbonyl (C=O) groups excluding carboxylic acids is 1. The summed E-state index contributed by atoms with van der Waals surface area (Å²) in [5, 5.41) is 12.6. The fraction of sp³-hybridized carbons (Fsp3) is 0.333. The van der Waals surface area contributed by atoms with Gasteiger partial charge in [0.25, 0.3) is 0 Å². The minimum atomic E-state index is -0.379. The van der Waals surface area contributed by atoms with Crippen molar-refractivity contribution in [2.45, 2.75) is 45.0 Å². The third-order valence-electron chi connectivity index (χ3n) is 6.59. The molecular formula is C24H23Cl2N7O2. The second-order valence-electron chi connectivity index (χ2n) is 8.91. The largest absolute Gasteiger partial charge is 0.486 e. The number of nitrogens with zero attached hydrogens (tertiary/aromatic N) is 4. The Bertz CT molecular complexity index is 1380. The Balaban J connectivity index is 1.24. The van der Waals surface area contributed by atoms with Gasteiger partial charge in [-0.1, -0.05) is 23.2 Å². The van der Waals surface area contributed by atoms with Crippen molar-refractivity contribution in [3.8, 4) is 17.3 Å². The van der Waals surface area contributed by atoms with E-state index in [1.54, 1.807) is 12.4 Å². The molecule has 35 heavy (non-hydrogen) atoms. The van der Waals surface area contributed by atoms with Crippen molar-refractivity contribution in [2.75, 3.05) is 6.54 Å². The smallest absolute Gasteiger partial charge is 0.240 e. The van der Waals surface area contributed by atoms with E-state index < -0.39 is 0 Å². The zero-order chi connectivity index (χ0) is 24.1. The van der Waals surface area contributed by atoms with Gasteiger partial charge in [-0.15, -0.1) is 0 Å². The van der Waals surface area contributed by atoms with Gasteiger partial charge in [-0.2, -0.15) is 5.10 Å². The maximum absolute atomic E-state index is 12.7. The lowest BCUT2D eigenvalue weighted by atomic mass is 10.1. The predicted octanol–water partition coefficient (Wildman–Crippen LogP) is 4.39. The highest BCUT2D eigenvalue weighted by Gasteiger charge is 2.33. The SMILES string of the molecule is C[C@@H](Oc1ccc2[nH]nc(-c3nc4c([nH]3)CN(C(=O)[C@@H]3CCCN3)C4)c2c1)c1c(Cl)cncc1Cl. The standard InChI is InChI=1S/C24H23Cl2N7O2/c1-12(21-15(25)8-27-9-16(21)26)35-13-4-5-17-14(7-13)22(32-31-17)23-29-19-10-33(11-20(19)30-23)24(34)18-3-2-6-28-18/h4-5,7-9,12,18,28H,2-3,6,10-11H2,1H3,(H,29,30)(H,31,32)/t12-,18+/m1/s1. The monoisotopic (exact) mass is 511 g/mol. The van der Waals surface area contributed by atoms with Crippen LogP contribution in [0.1, 0.15) is 42.8 Å². The number of carbonyl (C=O) groups is 1. The number of imidazole rings is 1. The minimum absolute atomic E-state index is 0.0773. The number of amides is 1. The summed E-state index contributed by atoms with van der Waals surface area (Å²) in [7, 11) is 0. The number of H-pyrrole nitrogens is 2. The van der Waals surface area contributed by atoms with Crippen LogP contribution in [-0.4, -0.2) is 48.5 Å². The van der Waals surface area contributed by atoms with E-state index in [9.17, 15) is 4.79 Å². The molecule has 1 fully saturated rings. The summed E-state index contributed by atoms with van der Waals surface area (Å²) < 4.78 is 6.16. The van der Waals surface area contributed by atoms with E-state index in [1.165, 1.54) is 0 Å². The molecule has 2 atom stereocenters. The Kier molecular flexibility index (Phi) is 5.63. The third kappa shape index (κ3) is 4.03. The van der Waals surface area contributed by atoms with Crippen molar-refractivity contribution < 1.29 is 9.53 Å². The second-order valence-corrected chi connectivity index (χ2v) is 9.72. The Hall–Kier alpha value is -3.14. The van der Waals surface area contributed by atoms with Gasteiger partial charge in [0.05, 0.1) is 46.1 Å². The predicted molar refractivity (Wildman–Crippen MR) is 132 cm³/mol.